The SMILES string of the molecule is CC(C)C(=O)C[C@H]1O[C@@H]2O[C@]3(C)CC[C@H]4[C@H](C)CC[C@@H]([C@H]1C)[C@@]24OO3. The van der Waals surface area contributed by atoms with Gasteiger partial charge in [0, 0.05) is 24.7 Å². The van der Waals surface area contributed by atoms with Crippen molar-refractivity contribution in [2.24, 2.45) is 29.6 Å². The fourth-order valence-electron chi connectivity index (χ4n) is 5.65. The van der Waals surface area contributed by atoms with E-state index in [1.807, 2.05) is 20.8 Å². The Labute approximate surface area is 150 Å². The summed E-state index contributed by atoms with van der Waals surface area (Å²) in [6.45, 7) is 10.4. The fraction of sp³-hybridized carbons (Fsp3) is 0.950. The van der Waals surface area contributed by atoms with Crippen molar-refractivity contribution in [2.45, 2.75) is 90.5 Å². The highest BCUT2D eigenvalue weighted by atomic mass is 17.3. The highest BCUT2D eigenvalue weighted by Crippen LogP contribution is 2.60. The molecule has 1 aliphatic carbocycles. The molecule has 0 aromatic heterocycles. The minimum Gasteiger partial charge on any atom is -0.345 e. The second kappa shape index (κ2) is 6.01. The number of ether oxygens (including phenoxy) is 2. The van der Waals surface area contributed by atoms with Crippen LogP contribution in [-0.4, -0.2) is 29.6 Å². The molecule has 1 saturated carbocycles. The molecule has 0 unspecified atom stereocenters. The Morgan fingerprint density at radius 3 is 2.60 bits per heavy atom. The van der Waals surface area contributed by atoms with Gasteiger partial charge >= 0.3 is 0 Å². The van der Waals surface area contributed by atoms with Crippen LogP contribution in [0.1, 0.15) is 66.7 Å². The van der Waals surface area contributed by atoms with Crippen LogP contribution in [0.15, 0.2) is 0 Å². The smallest absolute Gasteiger partial charge is 0.201 e. The third kappa shape index (κ3) is 2.61. The molecule has 8 atom stereocenters. The van der Waals surface area contributed by atoms with Gasteiger partial charge < -0.3 is 9.47 Å². The largest absolute Gasteiger partial charge is 0.345 e. The van der Waals surface area contributed by atoms with Crippen molar-refractivity contribution in [3.63, 3.8) is 0 Å². The van der Waals surface area contributed by atoms with Gasteiger partial charge in [0.2, 0.25) is 5.79 Å². The lowest BCUT2D eigenvalue weighted by Crippen LogP contribution is -2.70. The van der Waals surface area contributed by atoms with E-state index in [2.05, 4.69) is 13.8 Å². The quantitative estimate of drug-likeness (QED) is 0.722. The number of carbonyl (C=O) groups is 1. The van der Waals surface area contributed by atoms with E-state index in [1.165, 1.54) is 6.42 Å². The van der Waals surface area contributed by atoms with E-state index < -0.39 is 17.7 Å². The zero-order valence-electron chi connectivity index (χ0n) is 16.1. The molecule has 5 aliphatic rings. The van der Waals surface area contributed by atoms with Crippen molar-refractivity contribution in [1.29, 1.82) is 0 Å². The molecule has 1 spiro atoms. The number of carbonyl (C=O) groups excluding carboxylic acids is 1. The average Bonchev–Trinajstić information content (AvgIpc) is 2.78. The van der Waals surface area contributed by atoms with E-state index in [-0.39, 0.29) is 23.7 Å². The van der Waals surface area contributed by atoms with E-state index in [1.54, 1.807) is 0 Å². The number of hydrogen-bond donors (Lipinski definition) is 0. The lowest BCUT2D eigenvalue weighted by molar-refractivity contribution is -0.570. The first kappa shape index (κ1) is 17.9. The van der Waals surface area contributed by atoms with E-state index in [0.29, 0.717) is 24.2 Å². The molecule has 0 amide bonds. The van der Waals surface area contributed by atoms with Gasteiger partial charge in [-0.2, -0.15) is 0 Å². The van der Waals surface area contributed by atoms with Crippen LogP contribution in [0.3, 0.4) is 0 Å². The van der Waals surface area contributed by atoms with Gasteiger partial charge in [-0.15, -0.1) is 0 Å². The van der Waals surface area contributed by atoms with Crippen LogP contribution in [0, 0.1) is 29.6 Å². The van der Waals surface area contributed by atoms with Crippen molar-refractivity contribution in [3.8, 4) is 0 Å². The van der Waals surface area contributed by atoms with Gasteiger partial charge in [-0.05, 0) is 43.9 Å². The minimum atomic E-state index is -0.745. The molecular weight excluding hydrogens is 320 g/mol. The topological polar surface area (TPSA) is 54.0 Å². The van der Waals surface area contributed by atoms with E-state index in [0.717, 1.165) is 19.3 Å². The molecule has 0 aromatic carbocycles. The van der Waals surface area contributed by atoms with E-state index in [9.17, 15) is 4.79 Å². The number of Topliss-reactive ketones (excluding diaryl/α,β-unsaturated/α-hetero) is 1. The molecule has 5 nitrogen and oxygen atoms in total. The monoisotopic (exact) mass is 352 g/mol. The van der Waals surface area contributed by atoms with Crippen LogP contribution in [-0.2, 0) is 24.0 Å². The normalized spacial score (nSPS) is 51.9. The molecule has 0 N–H and O–H groups in total. The molecule has 5 heteroatoms. The Morgan fingerprint density at radius 2 is 1.88 bits per heavy atom. The predicted octanol–water partition coefficient (Wildman–Crippen LogP) is 3.85. The standard InChI is InChI=1S/C20H32O5/c1-11(2)16(21)10-17-13(4)15-7-6-12(3)14-8-9-19(5)23-18(22-17)20(14,15)25-24-19/h11-15,17-18H,6-10H2,1-5H3/t12-,13-,14+,15+,17-,18-,19+,20-/m1/s1. The van der Waals surface area contributed by atoms with Crippen LogP contribution >= 0.6 is 0 Å². The summed E-state index contributed by atoms with van der Waals surface area (Å²) < 4.78 is 12.7. The molecular formula is C20H32O5. The first-order valence-electron chi connectivity index (χ1n) is 9.99. The summed E-state index contributed by atoms with van der Waals surface area (Å²) >= 11 is 0. The summed E-state index contributed by atoms with van der Waals surface area (Å²) in [6.07, 6.45) is 4.05. The van der Waals surface area contributed by atoms with Crippen LogP contribution in [0.4, 0.5) is 0 Å². The summed E-state index contributed by atoms with van der Waals surface area (Å²) in [6, 6.07) is 0. The number of hydrogen-bond acceptors (Lipinski definition) is 5. The number of ketones is 1. The van der Waals surface area contributed by atoms with Crippen molar-refractivity contribution in [3.05, 3.63) is 0 Å². The Kier molecular flexibility index (Phi) is 4.31. The number of fused-ring (bicyclic) bond motifs is 2. The molecule has 4 saturated heterocycles. The summed E-state index contributed by atoms with van der Waals surface area (Å²) in [5.41, 5.74) is -0.523. The van der Waals surface area contributed by atoms with E-state index in [4.69, 9.17) is 19.2 Å². The lowest BCUT2D eigenvalue weighted by Gasteiger charge is -2.60. The van der Waals surface area contributed by atoms with Crippen LogP contribution in [0.2, 0.25) is 0 Å². The van der Waals surface area contributed by atoms with Gasteiger partial charge in [0.25, 0.3) is 0 Å². The van der Waals surface area contributed by atoms with Crippen LogP contribution in [0.5, 0.6) is 0 Å². The van der Waals surface area contributed by atoms with Crippen molar-refractivity contribution in [1.82, 2.24) is 0 Å². The summed E-state index contributed by atoms with van der Waals surface area (Å²) in [7, 11) is 0. The predicted molar refractivity (Wildman–Crippen MR) is 91.3 cm³/mol. The van der Waals surface area contributed by atoms with Crippen LogP contribution < -0.4 is 0 Å². The molecule has 2 bridgehead atoms. The van der Waals surface area contributed by atoms with Gasteiger partial charge in [0.05, 0.1) is 6.10 Å². The molecule has 25 heavy (non-hydrogen) atoms. The van der Waals surface area contributed by atoms with Crippen LogP contribution in [0.25, 0.3) is 0 Å². The maximum atomic E-state index is 12.4. The molecule has 0 radical (unpaired) electrons. The second-order valence-electron chi connectivity index (χ2n) is 9.27. The zero-order valence-corrected chi connectivity index (χ0v) is 16.1. The molecule has 5 rings (SSSR count). The molecule has 0 aromatic rings. The first-order chi connectivity index (χ1) is 11.8. The molecule has 5 fully saturated rings. The Bertz CT molecular complexity index is 548. The highest BCUT2D eigenvalue weighted by molar-refractivity contribution is 5.80. The summed E-state index contributed by atoms with van der Waals surface area (Å²) in [5, 5.41) is 0. The van der Waals surface area contributed by atoms with Gasteiger partial charge in [-0.1, -0.05) is 27.7 Å². The first-order valence-corrected chi connectivity index (χ1v) is 9.99. The van der Waals surface area contributed by atoms with Crippen molar-refractivity contribution in [2.75, 3.05) is 0 Å². The van der Waals surface area contributed by atoms with Gasteiger partial charge in [-0.3, -0.25) is 4.79 Å². The highest BCUT2D eigenvalue weighted by Gasteiger charge is 2.69. The maximum absolute atomic E-state index is 12.4. The minimum absolute atomic E-state index is 0.0365. The Morgan fingerprint density at radius 1 is 1.12 bits per heavy atom. The zero-order chi connectivity index (χ0) is 18.0. The molecule has 4 heterocycles. The van der Waals surface area contributed by atoms with Crippen molar-refractivity contribution < 1.29 is 24.0 Å². The number of rotatable bonds is 3. The Balaban J connectivity index is 1.68. The summed E-state index contributed by atoms with van der Waals surface area (Å²) in [4.78, 5) is 24.3. The third-order valence-corrected chi connectivity index (χ3v) is 7.34. The summed E-state index contributed by atoms with van der Waals surface area (Å²) in [5.74, 6) is 1.06. The third-order valence-electron chi connectivity index (χ3n) is 7.34. The second-order valence-corrected chi connectivity index (χ2v) is 9.27. The van der Waals surface area contributed by atoms with Gasteiger partial charge in [-0.25, -0.2) is 9.78 Å². The Hall–Kier alpha value is -0.490. The molecule has 142 valence electrons. The van der Waals surface area contributed by atoms with Gasteiger partial charge in [0.1, 0.15) is 5.78 Å². The lowest BCUT2D eigenvalue weighted by atomic mass is 9.57. The average molecular weight is 352 g/mol. The fourth-order valence-corrected chi connectivity index (χ4v) is 5.65. The molecule has 4 aliphatic heterocycles. The van der Waals surface area contributed by atoms with Crippen molar-refractivity contribution >= 4 is 5.78 Å². The van der Waals surface area contributed by atoms with Gasteiger partial charge in [0.15, 0.2) is 11.9 Å². The maximum Gasteiger partial charge on any atom is 0.201 e. The van der Waals surface area contributed by atoms with E-state index >= 15 is 0 Å².